The first kappa shape index (κ1) is 18.8. The van der Waals surface area contributed by atoms with Gasteiger partial charge < -0.3 is 9.47 Å². The number of ether oxygens (including phenoxy) is 2. The number of benzene rings is 1. The maximum Gasteiger partial charge on any atom is 0.170 e. The molecule has 0 saturated heterocycles. The molecule has 0 bridgehead atoms. The van der Waals surface area contributed by atoms with Crippen LogP contribution in [0.25, 0.3) is 0 Å². The summed E-state index contributed by atoms with van der Waals surface area (Å²) in [5, 5.41) is 0. The smallest absolute Gasteiger partial charge is 0.170 e. The molecule has 0 fully saturated rings. The average molecular weight is 393 g/mol. The van der Waals surface area contributed by atoms with E-state index in [2.05, 4.69) is 35.9 Å². The van der Waals surface area contributed by atoms with E-state index in [0.717, 1.165) is 28.6 Å². The van der Waals surface area contributed by atoms with Crippen molar-refractivity contribution in [1.29, 1.82) is 0 Å². The number of rotatable bonds is 6. The molecule has 3 nitrogen and oxygen atoms in total. The van der Waals surface area contributed by atoms with Crippen LogP contribution in [0, 0.1) is 5.92 Å². The fourth-order valence-electron chi connectivity index (χ4n) is 3.30. The highest BCUT2D eigenvalue weighted by atomic mass is 79.9. The quantitative estimate of drug-likeness (QED) is 0.460. The van der Waals surface area contributed by atoms with Crippen molar-refractivity contribution in [2.24, 2.45) is 5.92 Å². The largest absolute Gasteiger partial charge is 0.501 e. The summed E-state index contributed by atoms with van der Waals surface area (Å²) in [6.07, 6.45) is 6.03. The highest BCUT2D eigenvalue weighted by molar-refractivity contribution is 9.10. The zero-order valence-electron chi connectivity index (χ0n) is 14.8. The highest BCUT2D eigenvalue weighted by Crippen LogP contribution is 2.36. The van der Waals surface area contributed by atoms with Gasteiger partial charge in [-0.3, -0.25) is 4.79 Å². The maximum absolute atomic E-state index is 12.6. The van der Waals surface area contributed by atoms with Gasteiger partial charge in [0.15, 0.2) is 5.78 Å². The molecular formula is C20H25BrO3. The third-order valence-corrected chi connectivity index (χ3v) is 4.92. The molecule has 0 spiro atoms. The SMILES string of the molecule is C/C=C\C(=C(/CC)OC)C(CC)C1CC(=O)c2cc(Br)ccc2O1. The van der Waals surface area contributed by atoms with Crippen molar-refractivity contribution in [1.82, 2.24) is 0 Å². The Labute approximate surface area is 152 Å². The van der Waals surface area contributed by atoms with Gasteiger partial charge in [-0.2, -0.15) is 0 Å². The van der Waals surface area contributed by atoms with Gasteiger partial charge in [-0.05, 0) is 37.1 Å². The first-order valence-corrected chi connectivity index (χ1v) is 9.24. The lowest BCUT2D eigenvalue weighted by molar-refractivity contribution is 0.0763. The van der Waals surface area contributed by atoms with Crippen molar-refractivity contribution in [3.63, 3.8) is 0 Å². The molecule has 1 aliphatic heterocycles. The van der Waals surface area contributed by atoms with Crippen molar-refractivity contribution in [2.75, 3.05) is 7.11 Å². The topological polar surface area (TPSA) is 35.5 Å². The number of fused-ring (bicyclic) bond motifs is 1. The Morgan fingerprint density at radius 3 is 2.79 bits per heavy atom. The molecule has 0 radical (unpaired) electrons. The monoisotopic (exact) mass is 392 g/mol. The van der Waals surface area contributed by atoms with Crippen molar-refractivity contribution in [3.05, 3.63) is 51.7 Å². The van der Waals surface area contributed by atoms with Crippen LogP contribution in [0.4, 0.5) is 0 Å². The Morgan fingerprint density at radius 1 is 1.46 bits per heavy atom. The summed E-state index contributed by atoms with van der Waals surface area (Å²) in [7, 11) is 1.70. The number of ketones is 1. The molecule has 130 valence electrons. The molecule has 0 saturated carbocycles. The van der Waals surface area contributed by atoms with Crippen LogP contribution in [0.2, 0.25) is 0 Å². The lowest BCUT2D eigenvalue weighted by Gasteiger charge is -2.32. The van der Waals surface area contributed by atoms with Gasteiger partial charge in [0.2, 0.25) is 0 Å². The third kappa shape index (κ3) is 3.92. The first-order valence-electron chi connectivity index (χ1n) is 8.44. The van der Waals surface area contributed by atoms with E-state index in [1.807, 2.05) is 31.2 Å². The zero-order chi connectivity index (χ0) is 17.7. The van der Waals surface area contributed by atoms with Crippen molar-refractivity contribution in [2.45, 2.75) is 46.1 Å². The van der Waals surface area contributed by atoms with Gasteiger partial charge >= 0.3 is 0 Å². The molecular weight excluding hydrogens is 368 g/mol. The molecule has 0 N–H and O–H groups in total. The van der Waals surface area contributed by atoms with Crippen molar-refractivity contribution >= 4 is 21.7 Å². The molecule has 1 aromatic rings. The lowest BCUT2D eigenvalue weighted by atomic mass is 9.84. The Bertz CT molecular complexity index is 655. The van der Waals surface area contributed by atoms with Gasteiger partial charge in [-0.15, -0.1) is 0 Å². The molecule has 1 aliphatic rings. The van der Waals surface area contributed by atoms with E-state index in [0.29, 0.717) is 17.7 Å². The van der Waals surface area contributed by atoms with Crippen LogP contribution in [-0.4, -0.2) is 19.0 Å². The van der Waals surface area contributed by atoms with E-state index in [1.165, 1.54) is 0 Å². The van der Waals surface area contributed by atoms with E-state index >= 15 is 0 Å². The Kier molecular flexibility index (Phi) is 6.67. The van der Waals surface area contributed by atoms with Gasteiger partial charge in [-0.1, -0.05) is 41.9 Å². The molecule has 0 amide bonds. The summed E-state index contributed by atoms with van der Waals surface area (Å²) < 4.78 is 12.7. The van der Waals surface area contributed by atoms with Crippen LogP contribution in [0.3, 0.4) is 0 Å². The summed E-state index contributed by atoms with van der Waals surface area (Å²) in [5.74, 6) is 1.89. The van der Waals surface area contributed by atoms with E-state index < -0.39 is 0 Å². The number of Topliss-reactive ketones (excluding diaryl/α,β-unsaturated/α-hetero) is 1. The van der Waals surface area contributed by atoms with Gasteiger partial charge in [0.05, 0.1) is 18.4 Å². The molecule has 0 aromatic heterocycles. The molecule has 4 heteroatoms. The molecule has 24 heavy (non-hydrogen) atoms. The normalized spacial score (nSPS) is 19.5. The summed E-state index contributed by atoms with van der Waals surface area (Å²) in [6.45, 7) is 6.20. The number of hydrogen-bond acceptors (Lipinski definition) is 3. The molecule has 2 unspecified atom stereocenters. The Balaban J connectivity index is 2.39. The predicted octanol–water partition coefficient (Wildman–Crippen LogP) is 5.70. The maximum atomic E-state index is 12.6. The van der Waals surface area contributed by atoms with E-state index in [9.17, 15) is 4.79 Å². The van der Waals surface area contributed by atoms with Crippen LogP contribution in [0.15, 0.2) is 46.2 Å². The van der Waals surface area contributed by atoms with Crippen molar-refractivity contribution in [3.8, 4) is 5.75 Å². The fourth-order valence-corrected chi connectivity index (χ4v) is 3.66. The summed E-state index contributed by atoms with van der Waals surface area (Å²) >= 11 is 3.42. The number of hydrogen-bond donors (Lipinski definition) is 0. The molecule has 1 heterocycles. The molecule has 1 aromatic carbocycles. The van der Waals surface area contributed by atoms with E-state index in [1.54, 1.807) is 7.11 Å². The van der Waals surface area contributed by atoms with Crippen LogP contribution in [0.5, 0.6) is 5.75 Å². The fraction of sp³-hybridized carbons (Fsp3) is 0.450. The minimum Gasteiger partial charge on any atom is -0.501 e. The van der Waals surface area contributed by atoms with Gasteiger partial charge in [-0.25, -0.2) is 0 Å². The Morgan fingerprint density at radius 2 is 2.21 bits per heavy atom. The van der Waals surface area contributed by atoms with Crippen LogP contribution >= 0.6 is 15.9 Å². The van der Waals surface area contributed by atoms with Crippen LogP contribution in [-0.2, 0) is 4.74 Å². The van der Waals surface area contributed by atoms with Gasteiger partial charge in [0.25, 0.3) is 0 Å². The average Bonchev–Trinajstić information content (AvgIpc) is 2.57. The summed E-state index contributed by atoms with van der Waals surface area (Å²) in [6, 6.07) is 5.61. The van der Waals surface area contributed by atoms with Gasteiger partial charge in [0, 0.05) is 23.2 Å². The van der Waals surface area contributed by atoms with E-state index in [4.69, 9.17) is 9.47 Å². The molecule has 2 rings (SSSR count). The van der Waals surface area contributed by atoms with Crippen molar-refractivity contribution < 1.29 is 14.3 Å². The number of allylic oxidation sites excluding steroid dienone is 3. The Hall–Kier alpha value is -1.55. The zero-order valence-corrected chi connectivity index (χ0v) is 16.4. The van der Waals surface area contributed by atoms with Crippen LogP contribution < -0.4 is 4.74 Å². The predicted molar refractivity (Wildman–Crippen MR) is 100 cm³/mol. The second-order valence-corrected chi connectivity index (χ2v) is 6.79. The third-order valence-electron chi connectivity index (χ3n) is 4.43. The second-order valence-electron chi connectivity index (χ2n) is 5.88. The summed E-state index contributed by atoms with van der Waals surface area (Å²) in [5.41, 5.74) is 1.79. The van der Waals surface area contributed by atoms with E-state index in [-0.39, 0.29) is 17.8 Å². The first-order chi connectivity index (χ1) is 11.5. The number of methoxy groups -OCH3 is 1. The molecule has 2 atom stereocenters. The number of carbonyl (C=O) groups excluding carboxylic acids is 1. The highest BCUT2D eigenvalue weighted by Gasteiger charge is 2.34. The number of halogens is 1. The van der Waals surface area contributed by atoms with Crippen LogP contribution in [0.1, 0.15) is 50.4 Å². The van der Waals surface area contributed by atoms with Gasteiger partial charge in [0.1, 0.15) is 11.9 Å². The molecule has 0 aliphatic carbocycles. The minimum absolute atomic E-state index is 0.122. The number of carbonyl (C=O) groups is 1. The standard InChI is InChI=1S/C20H25BrO3/c1-5-8-15(18(7-3)23-4)14(6-2)20-12-17(22)16-11-13(21)9-10-19(16)24-20/h5,8-11,14,20H,6-7,12H2,1-4H3/b8-5-,18-15-. The second kappa shape index (κ2) is 8.52. The minimum atomic E-state index is -0.168. The lowest BCUT2D eigenvalue weighted by Crippen LogP contribution is -2.34. The summed E-state index contributed by atoms with van der Waals surface area (Å²) in [4.78, 5) is 12.6.